The molecule has 3 aromatic rings. The molecule has 0 radical (unpaired) electrons. The SMILES string of the molecule is c1ccc2c(NC[C@@H]3CCCN4CCCC[C@H]34)c3ccccc3nc2c1. The van der Waals surface area contributed by atoms with E-state index in [-0.39, 0.29) is 0 Å². The average Bonchev–Trinajstić information content (AvgIpc) is 2.71. The predicted octanol–water partition coefficient (Wildman–Crippen LogP) is 5.06. The smallest absolute Gasteiger partial charge is 0.0730 e. The molecule has 0 aliphatic carbocycles. The van der Waals surface area contributed by atoms with Crippen LogP contribution in [0.5, 0.6) is 0 Å². The zero-order valence-corrected chi connectivity index (χ0v) is 15.3. The van der Waals surface area contributed by atoms with Crippen LogP contribution in [0, 0.1) is 5.92 Å². The highest BCUT2D eigenvalue weighted by molar-refractivity contribution is 6.07. The van der Waals surface area contributed by atoms with Gasteiger partial charge in [-0.3, -0.25) is 0 Å². The first-order chi connectivity index (χ1) is 12.9. The molecule has 1 N–H and O–H groups in total. The van der Waals surface area contributed by atoms with Gasteiger partial charge in [0, 0.05) is 23.4 Å². The van der Waals surface area contributed by atoms with Crippen molar-refractivity contribution in [1.29, 1.82) is 0 Å². The maximum atomic E-state index is 4.85. The Morgan fingerprint density at radius 3 is 2.31 bits per heavy atom. The lowest BCUT2D eigenvalue weighted by Crippen LogP contribution is -2.49. The van der Waals surface area contributed by atoms with Gasteiger partial charge < -0.3 is 10.2 Å². The van der Waals surface area contributed by atoms with Crippen molar-refractivity contribution in [2.75, 3.05) is 25.0 Å². The van der Waals surface area contributed by atoms with Crippen molar-refractivity contribution in [3.63, 3.8) is 0 Å². The van der Waals surface area contributed by atoms with Crippen LogP contribution in [0.3, 0.4) is 0 Å². The number of hydrogen-bond acceptors (Lipinski definition) is 3. The van der Waals surface area contributed by atoms with Gasteiger partial charge in [-0.05, 0) is 56.8 Å². The topological polar surface area (TPSA) is 28.2 Å². The molecule has 3 heteroatoms. The number of pyridine rings is 1. The van der Waals surface area contributed by atoms with Gasteiger partial charge in [-0.2, -0.15) is 0 Å². The molecule has 1 aromatic heterocycles. The molecule has 5 rings (SSSR count). The highest BCUT2D eigenvalue weighted by Crippen LogP contribution is 2.34. The molecule has 2 aliphatic heterocycles. The average molecular weight is 345 g/mol. The molecule has 0 saturated carbocycles. The molecule has 134 valence electrons. The minimum Gasteiger partial charge on any atom is -0.384 e. The van der Waals surface area contributed by atoms with Gasteiger partial charge in [0.05, 0.1) is 16.7 Å². The van der Waals surface area contributed by atoms with E-state index in [1.807, 2.05) is 0 Å². The first kappa shape index (κ1) is 16.1. The second-order valence-electron chi connectivity index (χ2n) is 7.90. The Morgan fingerprint density at radius 1 is 0.846 bits per heavy atom. The Morgan fingerprint density at radius 2 is 1.54 bits per heavy atom. The van der Waals surface area contributed by atoms with E-state index in [0.29, 0.717) is 0 Å². The summed E-state index contributed by atoms with van der Waals surface area (Å²) in [7, 11) is 0. The number of anilines is 1. The van der Waals surface area contributed by atoms with Crippen molar-refractivity contribution in [2.24, 2.45) is 5.92 Å². The molecule has 2 fully saturated rings. The van der Waals surface area contributed by atoms with Gasteiger partial charge in [-0.1, -0.05) is 42.8 Å². The van der Waals surface area contributed by atoms with Crippen LogP contribution in [0.15, 0.2) is 48.5 Å². The predicted molar refractivity (Wildman–Crippen MR) is 110 cm³/mol. The second kappa shape index (κ2) is 6.88. The monoisotopic (exact) mass is 345 g/mol. The zero-order valence-electron chi connectivity index (χ0n) is 15.3. The lowest BCUT2D eigenvalue weighted by molar-refractivity contribution is 0.0649. The van der Waals surface area contributed by atoms with Crippen LogP contribution < -0.4 is 5.32 Å². The molecule has 2 saturated heterocycles. The van der Waals surface area contributed by atoms with Crippen molar-refractivity contribution in [2.45, 2.75) is 38.1 Å². The van der Waals surface area contributed by atoms with Crippen LogP contribution in [-0.4, -0.2) is 35.6 Å². The second-order valence-corrected chi connectivity index (χ2v) is 7.90. The number of aromatic nitrogens is 1. The van der Waals surface area contributed by atoms with Crippen LogP contribution in [-0.2, 0) is 0 Å². The van der Waals surface area contributed by atoms with Crippen LogP contribution in [0.4, 0.5) is 5.69 Å². The first-order valence-electron chi connectivity index (χ1n) is 10.2. The van der Waals surface area contributed by atoms with E-state index in [2.05, 4.69) is 58.7 Å². The number of fused-ring (bicyclic) bond motifs is 3. The Kier molecular flexibility index (Phi) is 4.25. The van der Waals surface area contributed by atoms with Gasteiger partial charge in [-0.25, -0.2) is 4.98 Å². The Labute approximate surface area is 155 Å². The number of benzene rings is 2. The lowest BCUT2D eigenvalue weighted by atomic mass is 9.83. The van der Waals surface area contributed by atoms with E-state index in [1.165, 1.54) is 61.7 Å². The summed E-state index contributed by atoms with van der Waals surface area (Å²) in [6.07, 6.45) is 6.87. The van der Waals surface area contributed by atoms with E-state index in [1.54, 1.807) is 0 Å². The van der Waals surface area contributed by atoms with Crippen molar-refractivity contribution >= 4 is 27.5 Å². The molecule has 0 bridgehead atoms. The summed E-state index contributed by atoms with van der Waals surface area (Å²) in [5.41, 5.74) is 3.42. The van der Waals surface area contributed by atoms with Gasteiger partial charge in [0.1, 0.15) is 0 Å². The molecule has 0 spiro atoms. The van der Waals surface area contributed by atoms with Gasteiger partial charge in [0.25, 0.3) is 0 Å². The number of rotatable bonds is 3. The van der Waals surface area contributed by atoms with Crippen LogP contribution >= 0.6 is 0 Å². The van der Waals surface area contributed by atoms with Crippen molar-refractivity contribution < 1.29 is 0 Å². The van der Waals surface area contributed by atoms with Crippen molar-refractivity contribution in [1.82, 2.24) is 9.88 Å². The third-order valence-electron chi connectivity index (χ3n) is 6.36. The number of para-hydroxylation sites is 2. The number of nitrogens with one attached hydrogen (secondary N) is 1. The van der Waals surface area contributed by atoms with Crippen LogP contribution in [0.2, 0.25) is 0 Å². The largest absolute Gasteiger partial charge is 0.384 e. The summed E-state index contributed by atoms with van der Waals surface area (Å²) < 4.78 is 0. The minimum absolute atomic E-state index is 0.759. The van der Waals surface area contributed by atoms with Gasteiger partial charge in [-0.15, -0.1) is 0 Å². The van der Waals surface area contributed by atoms with Crippen LogP contribution in [0.25, 0.3) is 21.8 Å². The standard InChI is InChI=1S/C23H27N3/c1-3-11-20-18(9-1)23(19-10-2-4-12-21(19)25-20)24-16-17-8-7-15-26-14-6-5-13-22(17)26/h1-4,9-12,17,22H,5-8,13-16H2,(H,24,25)/t17-,22+/m0/s1. The molecule has 2 atom stereocenters. The van der Waals surface area contributed by atoms with E-state index >= 15 is 0 Å². The highest BCUT2D eigenvalue weighted by Gasteiger charge is 2.32. The molecule has 0 unspecified atom stereocenters. The maximum absolute atomic E-state index is 4.85. The van der Waals surface area contributed by atoms with Gasteiger partial charge >= 0.3 is 0 Å². The summed E-state index contributed by atoms with van der Waals surface area (Å²) in [5, 5.41) is 6.34. The maximum Gasteiger partial charge on any atom is 0.0730 e. The number of nitrogens with zero attached hydrogens (tertiary/aromatic N) is 2. The van der Waals surface area contributed by atoms with Crippen molar-refractivity contribution in [3.8, 4) is 0 Å². The number of hydrogen-bond donors (Lipinski definition) is 1. The summed E-state index contributed by atoms with van der Waals surface area (Å²) >= 11 is 0. The Hall–Kier alpha value is -2.13. The lowest BCUT2D eigenvalue weighted by Gasteiger charge is -2.44. The fourth-order valence-electron chi connectivity index (χ4n) is 5.08. The summed E-state index contributed by atoms with van der Waals surface area (Å²) in [6.45, 7) is 3.68. The summed E-state index contributed by atoms with van der Waals surface area (Å²) in [4.78, 5) is 7.60. The number of piperidine rings is 2. The summed E-state index contributed by atoms with van der Waals surface area (Å²) in [5.74, 6) is 0.759. The molecule has 3 heterocycles. The van der Waals surface area contributed by atoms with Crippen LogP contribution in [0.1, 0.15) is 32.1 Å². The quantitative estimate of drug-likeness (QED) is 0.672. The summed E-state index contributed by atoms with van der Waals surface area (Å²) in [6, 6.07) is 17.8. The molecule has 2 aromatic carbocycles. The normalized spacial score (nSPS) is 23.8. The highest BCUT2D eigenvalue weighted by atomic mass is 15.2. The van der Waals surface area contributed by atoms with E-state index < -0.39 is 0 Å². The molecule has 0 amide bonds. The Balaban J connectivity index is 1.48. The fraction of sp³-hybridized carbons (Fsp3) is 0.435. The third-order valence-corrected chi connectivity index (χ3v) is 6.36. The van der Waals surface area contributed by atoms with Gasteiger partial charge in [0.2, 0.25) is 0 Å². The molecule has 2 aliphatic rings. The van der Waals surface area contributed by atoms with Gasteiger partial charge in [0.15, 0.2) is 0 Å². The molecule has 26 heavy (non-hydrogen) atoms. The van der Waals surface area contributed by atoms with E-state index in [9.17, 15) is 0 Å². The molecule has 3 nitrogen and oxygen atoms in total. The van der Waals surface area contributed by atoms with Crippen molar-refractivity contribution in [3.05, 3.63) is 48.5 Å². The zero-order chi connectivity index (χ0) is 17.3. The Bertz CT molecular complexity index is 864. The van der Waals surface area contributed by atoms with E-state index in [0.717, 1.165) is 29.5 Å². The molecular formula is C23H27N3. The third kappa shape index (κ3) is 2.84. The minimum atomic E-state index is 0.759. The molecular weight excluding hydrogens is 318 g/mol. The first-order valence-corrected chi connectivity index (χ1v) is 10.2. The fourth-order valence-corrected chi connectivity index (χ4v) is 5.08. The van der Waals surface area contributed by atoms with E-state index in [4.69, 9.17) is 4.98 Å².